The zero-order valence-electron chi connectivity index (χ0n) is 17.4. The molecular formula is C23H26N2O4S. The number of unbranched alkanes of at least 4 members (excludes halogenated alkanes) is 1. The second-order valence-electron chi connectivity index (χ2n) is 7.36. The van der Waals surface area contributed by atoms with Gasteiger partial charge < -0.3 is 5.11 Å². The minimum absolute atomic E-state index is 0.0532. The molecule has 1 aromatic heterocycles. The fourth-order valence-corrected chi connectivity index (χ4v) is 4.76. The maximum Gasteiger partial charge on any atom is 0.277 e. The van der Waals surface area contributed by atoms with Crippen LogP contribution >= 0.6 is 0 Å². The molecule has 0 aliphatic carbocycles. The van der Waals surface area contributed by atoms with Gasteiger partial charge in [0.15, 0.2) is 4.90 Å². The van der Waals surface area contributed by atoms with E-state index in [1.807, 2.05) is 51.1 Å². The third-order valence-corrected chi connectivity index (χ3v) is 6.94. The first-order chi connectivity index (χ1) is 14.3. The Hall–Kier alpha value is -2.93. The highest BCUT2D eigenvalue weighted by molar-refractivity contribution is 7.91. The van der Waals surface area contributed by atoms with Gasteiger partial charge in [0.05, 0.1) is 10.9 Å². The monoisotopic (exact) mass is 426 g/mol. The number of benzene rings is 2. The summed E-state index contributed by atoms with van der Waals surface area (Å²) >= 11 is 0. The Morgan fingerprint density at radius 1 is 1.07 bits per heavy atom. The summed E-state index contributed by atoms with van der Waals surface area (Å²) < 4.78 is 27.8. The van der Waals surface area contributed by atoms with Crippen LogP contribution < -0.4 is 5.56 Å². The van der Waals surface area contributed by atoms with E-state index >= 15 is 0 Å². The van der Waals surface area contributed by atoms with Gasteiger partial charge >= 0.3 is 0 Å². The van der Waals surface area contributed by atoms with Crippen molar-refractivity contribution < 1.29 is 13.5 Å². The molecule has 0 aliphatic heterocycles. The standard InChI is InChI=1S/C23H26N2O4S/c1-4-5-11-20-24-22(26)21(30(28,29)19-14-12-16(2)13-15-19)23(27)25(20)17(3)18-9-7-6-8-10-18/h6-10,12-15,17,26H,4-5,11H2,1-3H3/t17-/m1/s1. The van der Waals surface area contributed by atoms with E-state index in [1.165, 1.54) is 16.7 Å². The Kier molecular flexibility index (Phi) is 6.41. The molecule has 158 valence electrons. The highest BCUT2D eigenvalue weighted by Gasteiger charge is 2.30. The second-order valence-corrected chi connectivity index (χ2v) is 9.25. The topological polar surface area (TPSA) is 89.3 Å². The van der Waals surface area contributed by atoms with E-state index in [0.717, 1.165) is 24.0 Å². The van der Waals surface area contributed by atoms with Crippen LogP contribution in [0.15, 0.2) is 69.2 Å². The summed E-state index contributed by atoms with van der Waals surface area (Å²) in [5, 5.41) is 10.5. The molecule has 0 amide bonds. The number of hydrogen-bond acceptors (Lipinski definition) is 5. The number of aryl methyl sites for hydroxylation is 2. The second kappa shape index (κ2) is 8.83. The third kappa shape index (κ3) is 4.16. The predicted molar refractivity (Wildman–Crippen MR) is 116 cm³/mol. The quantitative estimate of drug-likeness (QED) is 0.616. The number of aromatic nitrogens is 2. The summed E-state index contributed by atoms with van der Waals surface area (Å²) in [7, 11) is -4.24. The zero-order chi connectivity index (χ0) is 21.9. The zero-order valence-corrected chi connectivity index (χ0v) is 18.2. The molecule has 0 fully saturated rings. The molecule has 2 aromatic carbocycles. The number of sulfone groups is 1. The van der Waals surface area contributed by atoms with Crippen molar-refractivity contribution >= 4 is 9.84 Å². The summed E-state index contributed by atoms with van der Waals surface area (Å²) in [6, 6.07) is 15.1. The highest BCUT2D eigenvalue weighted by Crippen LogP contribution is 2.27. The molecule has 0 bridgehead atoms. The van der Waals surface area contributed by atoms with Crippen LogP contribution in [0.2, 0.25) is 0 Å². The Bertz CT molecular complexity index is 1180. The van der Waals surface area contributed by atoms with E-state index in [4.69, 9.17) is 0 Å². The smallest absolute Gasteiger partial charge is 0.277 e. The predicted octanol–water partition coefficient (Wildman–Crippen LogP) is 4.04. The van der Waals surface area contributed by atoms with Crippen molar-refractivity contribution in [2.75, 3.05) is 0 Å². The van der Waals surface area contributed by atoms with Gasteiger partial charge in [-0.3, -0.25) is 9.36 Å². The molecular weight excluding hydrogens is 400 g/mol. The fourth-order valence-electron chi connectivity index (χ4n) is 3.41. The van der Waals surface area contributed by atoms with E-state index in [9.17, 15) is 18.3 Å². The molecule has 6 nitrogen and oxygen atoms in total. The SMILES string of the molecule is CCCCc1nc(O)c(S(=O)(=O)c2ccc(C)cc2)c(=O)n1[C@H](C)c1ccccc1. The number of aromatic hydroxyl groups is 1. The average molecular weight is 427 g/mol. The van der Waals surface area contributed by atoms with Gasteiger partial charge in [-0.1, -0.05) is 61.4 Å². The molecule has 1 heterocycles. The number of hydrogen-bond donors (Lipinski definition) is 1. The number of nitrogens with zero attached hydrogens (tertiary/aromatic N) is 2. The van der Waals surface area contributed by atoms with Gasteiger partial charge in [-0.05, 0) is 38.0 Å². The van der Waals surface area contributed by atoms with Gasteiger partial charge in [0.25, 0.3) is 5.56 Å². The van der Waals surface area contributed by atoms with Gasteiger partial charge in [0.2, 0.25) is 15.7 Å². The van der Waals surface area contributed by atoms with Gasteiger partial charge in [-0.25, -0.2) is 8.42 Å². The molecule has 7 heteroatoms. The molecule has 0 unspecified atom stereocenters. The van der Waals surface area contributed by atoms with E-state index < -0.39 is 32.2 Å². The summed E-state index contributed by atoms with van der Waals surface area (Å²) in [5.74, 6) is -0.373. The van der Waals surface area contributed by atoms with Crippen molar-refractivity contribution in [3.8, 4) is 5.88 Å². The van der Waals surface area contributed by atoms with Gasteiger partial charge in [0.1, 0.15) is 5.82 Å². The van der Waals surface area contributed by atoms with E-state index in [2.05, 4.69) is 4.98 Å². The minimum Gasteiger partial charge on any atom is -0.492 e. The van der Waals surface area contributed by atoms with Crippen LogP contribution in [0.4, 0.5) is 0 Å². The van der Waals surface area contributed by atoms with Crippen LogP contribution in [0.25, 0.3) is 0 Å². The van der Waals surface area contributed by atoms with E-state index in [0.29, 0.717) is 12.2 Å². The lowest BCUT2D eigenvalue weighted by Gasteiger charge is -2.21. The maximum atomic E-state index is 13.5. The fraction of sp³-hybridized carbons (Fsp3) is 0.304. The summed E-state index contributed by atoms with van der Waals surface area (Å²) in [6.45, 7) is 5.68. The van der Waals surface area contributed by atoms with Crippen molar-refractivity contribution in [1.82, 2.24) is 9.55 Å². The first-order valence-corrected chi connectivity index (χ1v) is 11.5. The Morgan fingerprint density at radius 2 is 1.70 bits per heavy atom. The molecule has 0 saturated heterocycles. The first-order valence-electron chi connectivity index (χ1n) is 9.98. The van der Waals surface area contributed by atoms with Crippen LogP contribution in [0.5, 0.6) is 5.88 Å². The largest absolute Gasteiger partial charge is 0.492 e. The van der Waals surface area contributed by atoms with Crippen LogP contribution in [-0.2, 0) is 16.3 Å². The lowest BCUT2D eigenvalue weighted by Crippen LogP contribution is -2.32. The third-order valence-electron chi connectivity index (χ3n) is 5.15. The Morgan fingerprint density at radius 3 is 2.30 bits per heavy atom. The van der Waals surface area contributed by atoms with Crippen molar-refractivity contribution in [2.24, 2.45) is 0 Å². The van der Waals surface area contributed by atoms with Gasteiger partial charge in [-0.15, -0.1) is 0 Å². The highest BCUT2D eigenvalue weighted by atomic mass is 32.2. The molecule has 3 aromatic rings. The molecule has 1 N–H and O–H groups in total. The molecule has 0 aliphatic rings. The van der Waals surface area contributed by atoms with Crippen molar-refractivity contribution in [3.63, 3.8) is 0 Å². The molecule has 0 radical (unpaired) electrons. The molecule has 30 heavy (non-hydrogen) atoms. The summed E-state index contributed by atoms with van der Waals surface area (Å²) in [4.78, 5) is 16.9. The summed E-state index contributed by atoms with van der Waals surface area (Å²) in [5.41, 5.74) is 0.982. The lowest BCUT2D eigenvalue weighted by molar-refractivity contribution is 0.412. The molecule has 3 rings (SSSR count). The molecule has 0 spiro atoms. The summed E-state index contributed by atoms with van der Waals surface area (Å²) in [6.07, 6.45) is 2.10. The molecule has 1 atom stereocenters. The normalized spacial score (nSPS) is 12.6. The molecule has 0 saturated carbocycles. The van der Waals surface area contributed by atoms with Crippen molar-refractivity contribution in [3.05, 3.63) is 81.9 Å². The maximum absolute atomic E-state index is 13.5. The van der Waals surface area contributed by atoms with Crippen molar-refractivity contribution in [2.45, 2.75) is 55.9 Å². The van der Waals surface area contributed by atoms with Crippen molar-refractivity contribution in [1.29, 1.82) is 0 Å². The number of rotatable bonds is 7. The van der Waals surface area contributed by atoms with Crippen LogP contribution in [0.3, 0.4) is 0 Å². The van der Waals surface area contributed by atoms with Gasteiger partial charge in [-0.2, -0.15) is 4.98 Å². The van der Waals surface area contributed by atoms with Crippen LogP contribution in [0.1, 0.15) is 49.7 Å². The Balaban J connectivity index is 2.25. The Labute approximate surface area is 176 Å². The minimum atomic E-state index is -4.24. The first kappa shape index (κ1) is 21.8. The van der Waals surface area contributed by atoms with E-state index in [-0.39, 0.29) is 4.90 Å². The average Bonchev–Trinajstić information content (AvgIpc) is 2.72. The lowest BCUT2D eigenvalue weighted by atomic mass is 10.1. The van der Waals surface area contributed by atoms with Crippen LogP contribution in [-0.4, -0.2) is 23.1 Å². The van der Waals surface area contributed by atoms with Gasteiger partial charge in [0, 0.05) is 6.42 Å². The van der Waals surface area contributed by atoms with Crippen LogP contribution in [0, 0.1) is 6.92 Å². The van der Waals surface area contributed by atoms with E-state index in [1.54, 1.807) is 12.1 Å².